The summed E-state index contributed by atoms with van der Waals surface area (Å²) in [6, 6.07) is 10.00. The number of aromatic amines is 1. The van der Waals surface area contributed by atoms with Crippen molar-refractivity contribution in [2.24, 2.45) is 5.73 Å². The van der Waals surface area contributed by atoms with Crippen molar-refractivity contribution in [3.8, 4) is 5.75 Å². The molecule has 0 aliphatic heterocycles. The number of rotatable bonds is 27. The fourth-order valence-corrected chi connectivity index (χ4v) is 4.48. The number of fused-ring (bicyclic) bond motifs is 1. The summed E-state index contributed by atoms with van der Waals surface area (Å²) in [5, 5.41) is 3.80. The Labute approximate surface area is 279 Å². The smallest absolute Gasteiger partial charge is 0.313 e. The van der Waals surface area contributed by atoms with Crippen LogP contribution in [0.1, 0.15) is 30.4 Å². The Morgan fingerprint density at radius 2 is 1.27 bits per heavy atom. The van der Waals surface area contributed by atoms with Crippen molar-refractivity contribution in [1.29, 1.82) is 0 Å². The summed E-state index contributed by atoms with van der Waals surface area (Å²) < 4.78 is 66.0. The molecule has 0 saturated carbocycles. The van der Waals surface area contributed by atoms with E-state index >= 15 is 0 Å². The molecule has 0 spiro atoms. The number of halogens is 2. The molecule has 12 nitrogen and oxygen atoms in total. The number of aromatic nitrogens is 1. The van der Waals surface area contributed by atoms with E-state index in [1.165, 1.54) is 0 Å². The predicted octanol–water partition coefficient (Wildman–Crippen LogP) is 3.44. The number of hydrogen-bond donors (Lipinski definition) is 3. The highest BCUT2D eigenvalue weighted by molar-refractivity contribution is 5.83. The number of esters is 1. The first kappa shape index (κ1) is 38.9. The Bertz CT molecular complexity index is 1340. The minimum absolute atomic E-state index is 0.00582. The van der Waals surface area contributed by atoms with Gasteiger partial charge in [-0.15, -0.1) is 0 Å². The zero-order chi connectivity index (χ0) is 34.2. The highest BCUT2D eigenvalue weighted by Gasteiger charge is 2.17. The van der Waals surface area contributed by atoms with E-state index in [4.69, 9.17) is 38.9 Å². The number of hydrogen-bond acceptors (Lipinski definition) is 10. The second-order valence-corrected chi connectivity index (χ2v) is 10.6. The number of nitrogens with one attached hydrogen (secondary N) is 2. The van der Waals surface area contributed by atoms with Crippen LogP contribution in [0.5, 0.6) is 5.75 Å². The fourth-order valence-electron chi connectivity index (χ4n) is 4.48. The average Bonchev–Trinajstić information content (AvgIpc) is 3.49. The van der Waals surface area contributed by atoms with Gasteiger partial charge in [-0.3, -0.25) is 9.59 Å². The van der Waals surface area contributed by atoms with Crippen LogP contribution in [0.25, 0.3) is 10.9 Å². The number of carbonyl (C=O) groups is 2. The Balaban J connectivity index is 1.16. The molecule has 0 fully saturated rings. The molecule has 0 saturated heterocycles. The van der Waals surface area contributed by atoms with Gasteiger partial charge in [0, 0.05) is 36.6 Å². The third kappa shape index (κ3) is 15.6. The molecule has 0 atom stereocenters. The van der Waals surface area contributed by atoms with Crippen LogP contribution in [0.2, 0.25) is 0 Å². The number of benzene rings is 2. The molecule has 266 valence electrons. The first-order valence-electron chi connectivity index (χ1n) is 16.1. The van der Waals surface area contributed by atoms with Crippen LogP contribution < -0.4 is 15.8 Å². The topological polar surface area (TPSA) is 153 Å². The lowest BCUT2D eigenvalue weighted by molar-refractivity contribution is -0.136. The summed E-state index contributed by atoms with van der Waals surface area (Å²) in [5.74, 6) is -3.94. The molecular weight excluding hydrogens is 632 g/mol. The van der Waals surface area contributed by atoms with Crippen LogP contribution >= 0.6 is 0 Å². The van der Waals surface area contributed by atoms with Gasteiger partial charge in [0.2, 0.25) is 11.7 Å². The van der Waals surface area contributed by atoms with Crippen molar-refractivity contribution < 1.29 is 51.5 Å². The lowest BCUT2D eigenvalue weighted by atomic mass is 10.1. The van der Waals surface area contributed by atoms with Crippen molar-refractivity contribution in [3.63, 3.8) is 0 Å². The molecule has 0 radical (unpaired) electrons. The summed E-state index contributed by atoms with van der Waals surface area (Å²) in [6.07, 6.45) is 3.35. The van der Waals surface area contributed by atoms with Crippen molar-refractivity contribution in [3.05, 3.63) is 65.4 Å². The maximum absolute atomic E-state index is 14.5. The summed E-state index contributed by atoms with van der Waals surface area (Å²) >= 11 is 0. The lowest BCUT2D eigenvalue weighted by Crippen LogP contribution is -2.22. The molecule has 4 N–H and O–H groups in total. The summed E-state index contributed by atoms with van der Waals surface area (Å²) in [6.45, 7) is 5.02. The molecule has 14 heteroatoms. The van der Waals surface area contributed by atoms with E-state index in [0.717, 1.165) is 35.0 Å². The molecular formula is C34H47F2N3O9. The number of amides is 1. The van der Waals surface area contributed by atoms with Gasteiger partial charge in [-0.05, 0) is 42.2 Å². The monoisotopic (exact) mass is 679 g/mol. The van der Waals surface area contributed by atoms with Crippen LogP contribution in [0.4, 0.5) is 8.78 Å². The van der Waals surface area contributed by atoms with Gasteiger partial charge in [-0.1, -0.05) is 18.2 Å². The molecule has 0 aliphatic carbocycles. The zero-order valence-corrected chi connectivity index (χ0v) is 27.3. The second kappa shape index (κ2) is 23.8. The minimum Gasteiger partial charge on any atom is -0.420 e. The van der Waals surface area contributed by atoms with Gasteiger partial charge < -0.3 is 49.2 Å². The van der Waals surface area contributed by atoms with Crippen molar-refractivity contribution in [2.45, 2.75) is 32.2 Å². The van der Waals surface area contributed by atoms with Crippen LogP contribution in [0.3, 0.4) is 0 Å². The summed E-state index contributed by atoms with van der Waals surface area (Å²) in [4.78, 5) is 27.6. The van der Waals surface area contributed by atoms with E-state index in [1.807, 2.05) is 30.5 Å². The molecule has 48 heavy (non-hydrogen) atoms. The maximum Gasteiger partial charge on any atom is 0.313 e. The van der Waals surface area contributed by atoms with Gasteiger partial charge >= 0.3 is 5.97 Å². The van der Waals surface area contributed by atoms with Crippen LogP contribution in [0.15, 0.2) is 42.6 Å². The highest BCUT2D eigenvalue weighted by atomic mass is 19.1. The number of aryl methyl sites for hydroxylation is 1. The van der Waals surface area contributed by atoms with Crippen LogP contribution in [0, 0.1) is 11.6 Å². The van der Waals surface area contributed by atoms with Gasteiger partial charge in [-0.25, -0.2) is 8.78 Å². The molecule has 2 aromatic carbocycles. The lowest BCUT2D eigenvalue weighted by Gasteiger charge is -2.10. The second-order valence-electron chi connectivity index (χ2n) is 10.6. The first-order chi connectivity index (χ1) is 23.5. The Hall–Kier alpha value is -3.50. The molecule has 0 aliphatic rings. The van der Waals surface area contributed by atoms with E-state index in [0.29, 0.717) is 72.4 Å². The quantitative estimate of drug-likeness (QED) is 0.0621. The molecule has 3 rings (SSSR count). The number of nitrogens with two attached hydrogens (primary N) is 1. The molecule has 1 aromatic heterocycles. The normalized spacial score (nSPS) is 11.3. The van der Waals surface area contributed by atoms with Crippen LogP contribution in [-0.4, -0.2) is 103 Å². The molecule has 1 heterocycles. The Kier molecular flexibility index (Phi) is 19.3. The third-order valence-electron chi connectivity index (χ3n) is 6.86. The molecule has 1 amide bonds. The van der Waals surface area contributed by atoms with E-state index in [1.54, 1.807) is 0 Å². The van der Waals surface area contributed by atoms with Gasteiger partial charge in [0.05, 0.1) is 85.7 Å². The van der Waals surface area contributed by atoms with Gasteiger partial charge in [0.1, 0.15) is 0 Å². The highest BCUT2D eigenvalue weighted by Crippen LogP contribution is 2.24. The fraction of sp³-hybridized carbons (Fsp3) is 0.529. The largest absolute Gasteiger partial charge is 0.420 e. The molecule has 0 unspecified atom stereocenters. The Morgan fingerprint density at radius 1 is 0.729 bits per heavy atom. The number of carbonyl (C=O) groups excluding carboxylic acids is 2. The van der Waals surface area contributed by atoms with Crippen LogP contribution in [-0.2, 0) is 51.0 Å². The first-order valence-corrected chi connectivity index (χ1v) is 16.1. The SMILES string of the molecule is NCCOCCOCCOCCOCCOCCOCCC(=O)Oc1c(F)cc(CNC(=O)CCCc2c[nH]c3ccccc23)cc1F. The zero-order valence-electron chi connectivity index (χ0n) is 27.3. The van der Waals surface area contributed by atoms with Gasteiger partial charge in [0.25, 0.3) is 0 Å². The molecule has 0 bridgehead atoms. The van der Waals surface area contributed by atoms with Gasteiger partial charge in [-0.2, -0.15) is 0 Å². The van der Waals surface area contributed by atoms with Crippen molar-refractivity contribution in [1.82, 2.24) is 10.3 Å². The number of para-hydroxylation sites is 1. The van der Waals surface area contributed by atoms with Crippen molar-refractivity contribution in [2.75, 3.05) is 85.8 Å². The number of H-pyrrole nitrogens is 1. The minimum atomic E-state index is -1.04. The van der Waals surface area contributed by atoms with Gasteiger partial charge in [0.15, 0.2) is 11.6 Å². The average molecular weight is 680 g/mol. The van der Waals surface area contributed by atoms with E-state index in [9.17, 15) is 18.4 Å². The third-order valence-corrected chi connectivity index (χ3v) is 6.86. The van der Waals surface area contributed by atoms with Crippen molar-refractivity contribution >= 4 is 22.8 Å². The van der Waals surface area contributed by atoms with E-state index in [-0.39, 0.29) is 50.7 Å². The Morgan fingerprint density at radius 3 is 1.85 bits per heavy atom. The summed E-state index contributed by atoms with van der Waals surface area (Å²) in [7, 11) is 0. The maximum atomic E-state index is 14.5. The standard InChI is InChI=1S/C34H47F2N3O9/c35-29-22-26(24-39-32(40)7-3-4-27-25-38-31-6-2-1-5-28(27)31)23-30(36)34(29)48-33(41)8-10-42-12-14-44-16-18-46-20-21-47-19-17-45-15-13-43-11-9-37/h1-2,5-6,22-23,25,38H,3-4,7-21,24,37H2,(H,39,40). The predicted molar refractivity (Wildman–Crippen MR) is 174 cm³/mol. The van der Waals surface area contributed by atoms with E-state index < -0.39 is 23.4 Å². The number of ether oxygens (including phenoxy) is 7. The van der Waals surface area contributed by atoms with E-state index in [2.05, 4.69) is 10.3 Å². The summed E-state index contributed by atoms with van der Waals surface area (Å²) in [5.41, 5.74) is 7.70. The molecule has 3 aromatic rings.